The molecule has 1 aromatic carbocycles. The molecule has 104 valence electrons. The van der Waals surface area contributed by atoms with Crippen molar-refractivity contribution in [1.29, 1.82) is 0 Å². The molecule has 0 saturated carbocycles. The number of halogens is 1. The number of aromatic amines is 1. The van der Waals surface area contributed by atoms with Crippen LogP contribution in [0.3, 0.4) is 0 Å². The van der Waals surface area contributed by atoms with Crippen molar-refractivity contribution in [2.45, 2.75) is 24.7 Å². The highest BCUT2D eigenvalue weighted by molar-refractivity contribution is 5.74. The van der Waals surface area contributed by atoms with Gasteiger partial charge in [-0.25, -0.2) is 9.37 Å². The summed E-state index contributed by atoms with van der Waals surface area (Å²) in [6.07, 6.45) is -4.23. The van der Waals surface area contributed by atoms with E-state index in [1.165, 1.54) is 18.2 Å². The second-order valence-electron chi connectivity index (χ2n) is 4.36. The molecule has 19 heavy (non-hydrogen) atoms. The molecule has 7 heteroatoms. The zero-order valence-corrected chi connectivity index (χ0v) is 9.99. The summed E-state index contributed by atoms with van der Waals surface area (Å²) < 4.78 is 13.0. The number of rotatable bonds is 5. The summed E-state index contributed by atoms with van der Waals surface area (Å²) >= 11 is 0. The van der Waals surface area contributed by atoms with E-state index in [1.54, 1.807) is 0 Å². The zero-order chi connectivity index (χ0) is 14.0. The van der Waals surface area contributed by atoms with Gasteiger partial charge in [0.05, 0.1) is 23.7 Å². The average Bonchev–Trinajstić information content (AvgIpc) is 2.77. The normalized spacial score (nSPS) is 16.5. The Morgan fingerprint density at radius 2 is 1.95 bits per heavy atom. The molecule has 6 nitrogen and oxygen atoms in total. The Kier molecular flexibility index (Phi) is 4.11. The molecule has 2 rings (SSSR count). The molecule has 0 aliphatic heterocycles. The van der Waals surface area contributed by atoms with Crippen LogP contribution in [0.25, 0.3) is 11.0 Å². The molecule has 5 N–H and O–H groups in total. The van der Waals surface area contributed by atoms with Crippen LogP contribution in [0.1, 0.15) is 5.82 Å². The standard InChI is InChI=1S/C12H15FN2O4/c13-6-1-2-7-8(3-6)15-11(14-7)4-9(17)12(19)10(18)5-16/h1-3,9-10,12,16-19H,4-5H2,(H,14,15)/t9-,10?,12-/m1/s1. The molecule has 0 bridgehead atoms. The van der Waals surface area contributed by atoms with E-state index in [0.29, 0.717) is 16.9 Å². The van der Waals surface area contributed by atoms with Gasteiger partial charge in [0.1, 0.15) is 23.8 Å². The maximum absolute atomic E-state index is 13.0. The highest BCUT2D eigenvalue weighted by Gasteiger charge is 2.25. The third kappa shape index (κ3) is 3.07. The summed E-state index contributed by atoms with van der Waals surface area (Å²) in [5, 5.41) is 37.1. The lowest BCUT2D eigenvalue weighted by Gasteiger charge is -2.20. The number of benzene rings is 1. The largest absolute Gasteiger partial charge is 0.394 e. The van der Waals surface area contributed by atoms with Crippen molar-refractivity contribution in [2.24, 2.45) is 0 Å². The first-order valence-electron chi connectivity index (χ1n) is 5.80. The second-order valence-corrected chi connectivity index (χ2v) is 4.36. The molecule has 0 amide bonds. The van der Waals surface area contributed by atoms with Gasteiger partial charge in [-0.1, -0.05) is 0 Å². The monoisotopic (exact) mass is 270 g/mol. The fourth-order valence-electron chi connectivity index (χ4n) is 1.81. The minimum Gasteiger partial charge on any atom is -0.394 e. The Morgan fingerprint density at radius 3 is 2.63 bits per heavy atom. The number of hydrogen-bond acceptors (Lipinski definition) is 5. The van der Waals surface area contributed by atoms with Crippen molar-refractivity contribution in [3.8, 4) is 0 Å². The van der Waals surface area contributed by atoms with Gasteiger partial charge in [0, 0.05) is 6.42 Å². The van der Waals surface area contributed by atoms with Crippen LogP contribution in [0.4, 0.5) is 4.39 Å². The first-order chi connectivity index (χ1) is 9.01. The number of nitrogens with zero attached hydrogens (tertiary/aromatic N) is 1. The fraction of sp³-hybridized carbons (Fsp3) is 0.417. The zero-order valence-electron chi connectivity index (χ0n) is 9.99. The Balaban J connectivity index is 2.12. The second kappa shape index (κ2) is 5.62. The summed E-state index contributed by atoms with van der Waals surface area (Å²) in [5.74, 6) is -0.0451. The molecular formula is C12H15FN2O4. The number of H-pyrrole nitrogens is 1. The first-order valence-corrected chi connectivity index (χ1v) is 5.80. The van der Waals surface area contributed by atoms with Crippen molar-refractivity contribution in [2.75, 3.05) is 6.61 Å². The third-order valence-electron chi connectivity index (χ3n) is 2.87. The molecular weight excluding hydrogens is 255 g/mol. The Morgan fingerprint density at radius 1 is 1.21 bits per heavy atom. The molecule has 0 aliphatic carbocycles. The van der Waals surface area contributed by atoms with Gasteiger partial charge in [0.25, 0.3) is 0 Å². The maximum Gasteiger partial charge on any atom is 0.125 e. The number of aliphatic hydroxyl groups is 4. The number of imidazole rings is 1. The number of aromatic nitrogens is 2. The first kappa shape index (κ1) is 13.9. The molecule has 1 heterocycles. The summed E-state index contributed by atoms with van der Waals surface area (Å²) in [6.45, 7) is -0.649. The summed E-state index contributed by atoms with van der Waals surface area (Å²) in [4.78, 5) is 6.94. The maximum atomic E-state index is 13.0. The minimum atomic E-state index is -1.48. The van der Waals surface area contributed by atoms with Crippen molar-refractivity contribution >= 4 is 11.0 Å². The topological polar surface area (TPSA) is 110 Å². The van der Waals surface area contributed by atoms with Gasteiger partial charge in [0.15, 0.2) is 0 Å². The summed E-state index contributed by atoms with van der Waals surface area (Å²) in [5.41, 5.74) is 1.03. The van der Waals surface area contributed by atoms with E-state index < -0.39 is 30.7 Å². The predicted molar refractivity (Wildman–Crippen MR) is 64.9 cm³/mol. The molecule has 1 unspecified atom stereocenters. The quantitative estimate of drug-likeness (QED) is 0.494. The van der Waals surface area contributed by atoms with E-state index in [4.69, 9.17) is 5.11 Å². The average molecular weight is 270 g/mol. The van der Waals surface area contributed by atoms with Crippen LogP contribution in [0.5, 0.6) is 0 Å². The summed E-state index contributed by atoms with van der Waals surface area (Å²) in [6, 6.07) is 4.04. The van der Waals surface area contributed by atoms with Gasteiger partial charge in [0.2, 0.25) is 0 Å². The highest BCUT2D eigenvalue weighted by Crippen LogP contribution is 2.15. The van der Waals surface area contributed by atoms with Crippen LogP contribution in [0.15, 0.2) is 18.2 Å². The van der Waals surface area contributed by atoms with E-state index in [-0.39, 0.29) is 6.42 Å². The Labute approximate surface area is 108 Å². The lowest BCUT2D eigenvalue weighted by atomic mass is 10.1. The van der Waals surface area contributed by atoms with Gasteiger partial charge >= 0.3 is 0 Å². The SMILES string of the molecule is OCC(O)[C@H](O)[C@H](O)Cc1nc2ccc(F)cc2[nH]1. The van der Waals surface area contributed by atoms with Gasteiger partial charge in [-0.3, -0.25) is 0 Å². The molecule has 1 aromatic heterocycles. The fourth-order valence-corrected chi connectivity index (χ4v) is 1.81. The molecule has 0 radical (unpaired) electrons. The third-order valence-corrected chi connectivity index (χ3v) is 2.87. The van der Waals surface area contributed by atoms with Crippen molar-refractivity contribution < 1.29 is 24.8 Å². The molecule has 0 spiro atoms. The molecule has 2 aromatic rings. The lowest BCUT2D eigenvalue weighted by molar-refractivity contribution is -0.0760. The van der Waals surface area contributed by atoms with Crippen LogP contribution in [-0.2, 0) is 6.42 Å². The van der Waals surface area contributed by atoms with Crippen LogP contribution in [0, 0.1) is 5.82 Å². The highest BCUT2D eigenvalue weighted by atomic mass is 19.1. The number of hydrogen-bond donors (Lipinski definition) is 5. The van der Waals surface area contributed by atoms with Crippen molar-refractivity contribution in [1.82, 2.24) is 9.97 Å². The van der Waals surface area contributed by atoms with Crippen molar-refractivity contribution in [3.63, 3.8) is 0 Å². The molecule has 3 atom stereocenters. The lowest BCUT2D eigenvalue weighted by Crippen LogP contribution is -2.40. The van der Waals surface area contributed by atoms with Gasteiger partial charge < -0.3 is 25.4 Å². The predicted octanol–water partition coefficient (Wildman–Crippen LogP) is -0.681. The molecule has 0 aliphatic rings. The van der Waals surface area contributed by atoms with Crippen molar-refractivity contribution in [3.05, 3.63) is 29.8 Å². The van der Waals surface area contributed by atoms with Crippen LogP contribution in [-0.4, -0.2) is 55.3 Å². The Bertz CT molecular complexity index is 560. The van der Waals surface area contributed by atoms with E-state index in [2.05, 4.69) is 9.97 Å². The van der Waals surface area contributed by atoms with E-state index in [1.807, 2.05) is 0 Å². The van der Waals surface area contributed by atoms with E-state index >= 15 is 0 Å². The van der Waals surface area contributed by atoms with Gasteiger partial charge in [-0.15, -0.1) is 0 Å². The van der Waals surface area contributed by atoms with E-state index in [9.17, 15) is 19.7 Å². The number of nitrogens with one attached hydrogen (secondary N) is 1. The molecule has 0 fully saturated rings. The smallest absolute Gasteiger partial charge is 0.125 e. The van der Waals surface area contributed by atoms with Gasteiger partial charge in [-0.05, 0) is 18.2 Å². The van der Waals surface area contributed by atoms with E-state index in [0.717, 1.165) is 0 Å². The van der Waals surface area contributed by atoms with Crippen LogP contribution >= 0.6 is 0 Å². The molecule has 0 saturated heterocycles. The minimum absolute atomic E-state index is 0.0471. The number of aliphatic hydroxyl groups excluding tert-OH is 4. The summed E-state index contributed by atoms with van der Waals surface area (Å²) in [7, 11) is 0. The number of fused-ring (bicyclic) bond motifs is 1. The van der Waals surface area contributed by atoms with Crippen LogP contribution in [0.2, 0.25) is 0 Å². The van der Waals surface area contributed by atoms with Gasteiger partial charge in [-0.2, -0.15) is 0 Å². The Hall–Kier alpha value is -1.54. The van der Waals surface area contributed by atoms with Crippen LogP contribution < -0.4 is 0 Å².